The molecule has 5 heteroatoms. The number of nitrogens with zero attached hydrogens (tertiary/aromatic N) is 1. The van der Waals surface area contributed by atoms with Crippen molar-refractivity contribution in [3.05, 3.63) is 28.2 Å². The van der Waals surface area contributed by atoms with Crippen LogP contribution in [-0.2, 0) is 4.74 Å². The summed E-state index contributed by atoms with van der Waals surface area (Å²) in [4.78, 5) is 14.0. The number of carbonyl (C=O) groups excluding carboxylic acids is 1. The second-order valence-corrected chi connectivity index (χ2v) is 5.00. The number of amides is 1. The molecule has 1 aliphatic heterocycles. The molecule has 1 aromatic rings. The molecule has 1 aliphatic rings. The molecule has 92 valence electrons. The maximum atomic E-state index is 12.2. The van der Waals surface area contributed by atoms with Crippen LogP contribution in [0, 0.1) is 0 Å². The predicted octanol–water partition coefficient (Wildman–Crippen LogP) is 2.02. The quantitative estimate of drug-likeness (QED) is 0.863. The van der Waals surface area contributed by atoms with Crippen molar-refractivity contribution in [1.29, 1.82) is 0 Å². The fourth-order valence-electron chi connectivity index (χ4n) is 1.87. The molecule has 17 heavy (non-hydrogen) atoms. The molecule has 1 fully saturated rings. The van der Waals surface area contributed by atoms with Gasteiger partial charge in [-0.05, 0) is 25.1 Å². The minimum absolute atomic E-state index is 0.00284. The maximum absolute atomic E-state index is 12.2. The predicted molar refractivity (Wildman–Crippen MR) is 67.1 cm³/mol. The highest BCUT2D eigenvalue weighted by molar-refractivity contribution is 9.10. The van der Waals surface area contributed by atoms with E-state index in [0.717, 1.165) is 4.47 Å². The topological polar surface area (TPSA) is 49.8 Å². The first kappa shape index (κ1) is 12.4. The Balaban J connectivity index is 2.24. The molecule has 1 heterocycles. The molecule has 4 nitrogen and oxygen atoms in total. The standard InChI is InChI=1S/C12H14BrNO3/c1-8-7-17-5-4-14(8)12(16)10-3-2-9(13)6-11(10)15/h2-3,6,8,15H,4-5,7H2,1H3. The highest BCUT2D eigenvalue weighted by Gasteiger charge is 2.26. The number of aromatic hydroxyl groups is 1. The van der Waals surface area contributed by atoms with Crippen molar-refractivity contribution >= 4 is 21.8 Å². The molecule has 0 spiro atoms. The Morgan fingerprint density at radius 2 is 2.35 bits per heavy atom. The van der Waals surface area contributed by atoms with E-state index in [-0.39, 0.29) is 17.7 Å². The lowest BCUT2D eigenvalue weighted by molar-refractivity contribution is 0.00345. The number of carbonyl (C=O) groups is 1. The summed E-state index contributed by atoms with van der Waals surface area (Å²) in [5, 5.41) is 9.77. The monoisotopic (exact) mass is 299 g/mol. The summed E-state index contributed by atoms with van der Waals surface area (Å²) in [5.74, 6) is -0.145. The Kier molecular flexibility index (Phi) is 3.69. The number of morpholine rings is 1. The minimum Gasteiger partial charge on any atom is -0.507 e. The lowest BCUT2D eigenvalue weighted by Gasteiger charge is -2.33. The summed E-state index contributed by atoms with van der Waals surface area (Å²) in [5.41, 5.74) is 0.335. The van der Waals surface area contributed by atoms with E-state index >= 15 is 0 Å². The van der Waals surface area contributed by atoms with Gasteiger partial charge in [0.15, 0.2) is 0 Å². The molecule has 1 aromatic carbocycles. The highest BCUT2D eigenvalue weighted by Crippen LogP contribution is 2.24. The van der Waals surface area contributed by atoms with Gasteiger partial charge in [-0.2, -0.15) is 0 Å². The SMILES string of the molecule is CC1COCCN1C(=O)c1ccc(Br)cc1O. The first-order valence-electron chi connectivity index (χ1n) is 5.47. The lowest BCUT2D eigenvalue weighted by Crippen LogP contribution is -2.47. The number of halogens is 1. The Morgan fingerprint density at radius 3 is 3.00 bits per heavy atom. The summed E-state index contributed by atoms with van der Waals surface area (Å²) in [6, 6.07) is 4.94. The van der Waals surface area contributed by atoms with E-state index in [2.05, 4.69) is 15.9 Å². The van der Waals surface area contributed by atoms with Gasteiger partial charge in [-0.3, -0.25) is 4.79 Å². The van der Waals surface area contributed by atoms with Crippen LogP contribution in [0.25, 0.3) is 0 Å². The number of phenols is 1. The van der Waals surface area contributed by atoms with Crippen molar-refractivity contribution in [2.24, 2.45) is 0 Å². The first-order chi connectivity index (χ1) is 8.09. The summed E-state index contributed by atoms with van der Waals surface area (Å²) in [6.45, 7) is 3.60. The maximum Gasteiger partial charge on any atom is 0.258 e. The van der Waals surface area contributed by atoms with Gasteiger partial charge >= 0.3 is 0 Å². The van der Waals surface area contributed by atoms with E-state index in [4.69, 9.17) is 4.74 Å². The summed E-state index contributed by atoms with van der Waals surface area (Å²) < 4.78 is 6.03. The number of phenolic OH excluding ortho intramolecular Hbond substituents is 1. The summed E-state index contributed by atoms with van der Waals surface area (Å²) in [6.07, 6.45) is 0. The lowest BCUT2D eigenvalue weighted by atomic mass is 10.1. The fraction of sp³-hybridized carbons (Fsp3) is 0.417. The smallest absolute Gasteiger partial charge is 0.258 e. The molecule has 1 amide bonds. The molecule has 1 atom stereocenters. The number of benzene rings is 1. The number of hydrogen-bond donors (Lipinski definition) is 1. The van der Waals surface area contributed by atoms with Gasteiger partial charge in [0.05, 0.1) is 24.8 Å². The molecule has 1 N–H and O–H groups in total. The van der Waals surface area contributed by atoms with Crippen LogP contribution in [0.5, 0.6) is 5.75 Å². The van der Waals surface area contributed by atoms with Gasteiger partial charge in [0.1, 0.15) is 5.75 Å². The summed E-state index contributed by atoms with van der Waals surface area (Å²) in [7, 11) is 0. The molecule has 1 unspecified atom stereocenters. The molecular weight excluding hydrogens is 286 g/mol. The van der Waals surface area contributed by atoms with Crippen LogP contribution in [0.4, 0.5) is 0 Å². The zero-order valence-corrected chi connectivity index (χ0v) is 11.1. The van der Waals surface area contributed by atoms with Gasteiger partial charge in [0, 0.05) is 11.0 Å². The van der Waals surface area contributed by atoms with Crippen LogP contribution in [0.1, 0.15) is 17.3 Å². The molecule has 0 bridgehead atoms. The van der Waals surface area contributed by atoms with E-state index in [1.165, 1.54) is 6.07 Å². The third-order valence-corrected chi connectivity index (χ3v) is 3.31. The van der Waals surface area contributed by atoms with E-state index in [1.54, 1.807) is 17.0 Å². The van der Waals surface area contributed by atoms with Gasteiger partial charge in [-0.25, -0.2) is 0 Å². The number of rotatable bonds is 1. The Hall–Kier alpha value is -1.07. The summed E-state index contributed by atoms with van der Waals surface area (Å²) >= 11 is 3.25. The van der Waals surface area contributed by atoms with Crippen LogP contribution in [-0.4, -0.2) is 41.7 Å². The zero-order valence-electron chi connectivity index (χ0n) is 9.52. The van der Waals surface area contributed by atoms with Gasteiger partial charge in [-0.15, -0.1) is 0 Å². The second-order valence-electron chi connectivity index (χ2n) is 4.08. The van der Waals surface area contributed by atoms with Crippen molar-refractivity contribution in [2.45, 2.75) is 13.0 Å². The second kappa shape index (κ2) is 5.06. The normalized spacial score (nSPS) is 20.4. The van der Waals surface area contributed by atoms with Crippen molar-refractivity contribution < 1.29 is 14.6 Å². The van der Waals surface area contributed by atoms with Crippen molar-refractivity contribution in [1.82, 2.24) is 4.90 Å². The van der Waals surface area contributed by atoms with Crippen LogP contribution in [0.3, 0.4) is 0 Å². The average molecular weight is 300 g/mol. The first-order valence-corrected chi connectivity index (χ1v) is 6.26. The molecular formula is C12H14BrNO3. The molecule has 0 aliphatic carbocycles. The van der Waals surface area contributed by atoms with Gasteiger partial charge in [0.25, 0.3) is 5.91 Å². The van der Waals surface area contributed by atoms with E-state index < -0.39 is 0 Å². The zero-order chi connectivity index (χ0) is 12.4. The molecule has 0 radical (unpaired) electrons. The Bertz CT molecular complexity index is 436. The van der Waals surface area contributed by atoms with Crippen LogP contribution < -0.4 is 0 Å². The van der Waals surface area contributed by atoms with E-state index in [1.807, 2.05) is 6.92 Å². The molecule has 0 aromatic heterocycles. The van der Waals surface area contributed by atoms with Crippen molar-refractivity contribution in [3.63, 3.8) is 0 Å². The molecule has 1 saturated heterocycles. The Morgan fingerprint density at radius 1 is 1.59 bits per heavy atom. The number of ether oxygens (including phenoxy) is 1. The third kappa shape index (κ3) is 2.61. The van der Waals surface area contributed by atoms with E-state index in [0.29, 0.717) is 25.3 Å². The van der Waals surface area contributed by atoms with Crippen LogP contribution in [0.2, 0.25) is 0 Å². The fourth-order valence-corrected chi connectivity index (χ4v) is 2.22. The minimum atomic E-state index is -0.147. The molecule has 0 saturated carbocycles. The number of hydrogen-bond acceptors (Lipinski definition) is 3. The van der Waals surface area contributed by atoms with Crippen molar-refractivity contribution in [2.75, 3.05) is 19.8 Å². The van der Waals surface area contributed by atoms with Gasteiger partial charge in [-0.1, -0.05) is 15.9 Å². The highest BCUT2D eigenvalue weighted by atomic mass is 79.9. The Labute approximate surface area is 108 Å². The van der Waals surface area contributed by atoms with Gasteiger partial charge < -0.3 is 14.7 Å². The van der Waals surface area contributed by atoms with Crippen LogP contribution >= 0.6 is 15.9 Å². The van der Waals surface area contributed by atoms with Gasteiger partial charge in [0.2, 0.25) is 0 Å². The van der Waals surface area contributed by atoms with Crippen LogP contribution in [0.15, 0.2) is 22.7 Å². The largest absolute Gasteiger partial charge is 0.507 e. The third-order valence-electron chi connectivity index (χ3n) is 2.82. The average Bonchev–Trinajstić information content (AvgIpc) is 2.29. The van der Waals surface area contributed by atoms with E-state index in [9.17, 15) is 9.90 Å². The van der Waals surface area contributed by atoms with Crippen molar-refractivity contribution in [3.8, 4) is 5.75 Å². The molecule has 2 rings (SSSR count).